The molecule has 0 unspecified atom stereocenters. The second-order valence-electron chi connectivity index (χ2n) is 3.73. The van der Waals surface area contributed by atoms with Crippen molar-refractivity contribution < 1.29 is 0 Å². The first-order chi connectivity index (χ1) is 9.63. The molecular formula is C14H25BrN4O. The Hall–Kier alpha value is -1.17. The first kappa shape index (κ1) is 18.8. The number of unbranched alkanes of at least 4 members (excludes halogenated alkanes) is 1. The largest absolute Gasteiger partial charge is 0.310 e. The van der Waals surface area contributed by atoms with E-state index >= 15 is 0 Å². The molecule has 5 nitrogen and oxygen atoms in total. The van der Waals surface area contributed by atoms with Crippen LogP contribution in [0.25, 0.3) is 11.0 Å². The highest BCUT2D eigenvalue weighted by molar-refractivity contribution is 9.10. The summed E-state index contributed by atoms with van der Waals surface area (Å²) in [5, 5.41) is 4.64. The highest BCUT2D eigenvalue weighted by Gasteiger charge is 2.12. The minimum Gasteiger partial charge on any atom is -0.310 e. The molecule has 2 aromatic rings. The number of halogens is 1. The first-order valence-electron chi connectivity index (χ1n) is 7.25. The zero-order valence-electron chi connectivity index (χ0n) is 13.2. The Kier molecular flexibility index (Phi) is 9.12. The van der Waals surface area contributed by atoms with Gasteiger partial charge in [-0.1, -0.05) is 41.0 Å². The van der Waals surface area contributed by atoms with Crippen LogP contribution in [0.3, 0.4) is 0 Å². The number of rotatable bonds is 3. The van der Waals surface area contributed by atoms with Crippen LogP contribution in [0.5, 0.6) is 0 Å². The molecule has 0 radical (unpaired) electrons. The standard InChI is InChI=1S/C10H13BrN4O.2C2H6/c1-3-4-5-6-12-9-7(10(16)13-6)8(11)14-15(9)2;2*1-2/h3-5H2,1-2H3,(H,12,13,16);2*1-2H3. The highest BCUT2D eigenvalue weighted by Crippen LogP contribution is 2.17. The molecule has 0 saturated heterocycles. The smallest absolute Gasteiger partial charge is 0.263 e. The molecule has 1 N–H and O–H groups in total. The summed E-state index contributed by atoms with van der Waals surface area (Å²) in [7, 11) is 1.78. The fourth-order valence-electron chi connectivity index (χ4n) is 1.62. The van der Waals surface area contributed by atoms with E-state index in [0.29, 0.717) is 15.6 Å². The zero-order valence-corrected chi connectivity index (χ0v) is 14.8. The average molecular weight is 345 g/mol. The van der Waals surface area contributed by atoms with E-state index in [0.717, 1.165) is 25.1 Å². The van der Waals surface area contributed by atoms with E-state index in [2.05, 4.69) is 37.9 Å². The van der Waals surface area contributed by atoms with Gasteiger partial charge in [0.1, 0.15) is 15.8 Å². The van der Waals surface area contributed by atoms with Gasteiger partial charge in [-0.3, -0.25) is 4.79 Å². The van der Waals surface area contributed by atoms with Crippen molar-refractivity contribution in [2.24, 2.45) is 7.05 Å². The number of fused-ring (bicyclic) bond motifs is 1. The van der Waals surface area contributed by atoms with Crippen molar-refractivity contribution in [2.45, 2.75) is 53.9 Å². The predicted octanol–water partition coefficient (Wildman–Crippen LogP) is 3.81. The van der Waals surface area contributed by atoms with Crippen molar-refractivity contribution in [1.82, 2.24) is 19.7 Å². The van der Waals surface area contributed by atoms with Crippen molar-refractivity contribution in [3.8, 4) is 0 Å². The third-order valence-corrected chi connectivity index (χ3v) is 3.02. The molecule has 6 heteroatoms. The van der Waals surface area contributed by atoms with Crippen LogP contribution in [0.15, 0.2) is 9.40 Å². The maximum atomic E-state index is 11.8. The summed E-state index contributed by atoms with van der Waals surface area (Å²) in [5.41, 5.74) is 0.498. The lowest BCUT2D eigenvalue weighted by molar-refractivity contribution is 0.738. The van der Waals surface area contributed by atoms with Crippen LogP contribution in [-0.4, -0.2) is 19.7 Å². The highest BCUT2D eigenvalue weighted by atomic mass is 79.9. The molecule has 114 valence electrons. The Balaban J connectivity index is 0.000000829. The number of aromatic nitrogens is 4. The van der Waals surface area contributed by atoms with Crippen LogP contribution in [0.2, 0.25) is 0 Å². The molecule has 0 aliphatic rings. The second kappa shape index (κ2) is 9.69. The number of aryl methyl sites for hydroxylation is 2. The van der Waals surface area contributed by atoms with E-state index in [4.69, 9.17) is 0 Å². The van der Waals surface area contributed by atoms with E-state index in [1.807, 2.05) is 27.7 Å². The Morgan fingerprint density at radius 3 is 2.40 bits per heavy atom. The third-order valence-electron chi connectivity index (χ3n) is 2.47. The van der Waals surface area contributed by atoms with Gasteiger partial charge in [-0.2, -0.15) is 5.10 Å². The van der Waals surface area contributed by atoms with Gasteiger partial charge in [0.2, 0.25) is 0 Å². The molecule has 2 heterocycles. The molecule has 0 spiro atoms. The van der Waals surface area contributed by atoms with E-state index in [1.54, 1.807) is 11.7 Å². The third kappa shape index (κ3) is 4.44. The predicted molar refractivity (Wildman–Crippen MR) is 88.1 cm³/mol. The zero-order chi connectivity index (χ0) is 15.7. The average Bonchev–Trinajstić information content (AvgIpc) is 2.76. The number of H-pyrrole nitrogens is 1. The van der Waals surface area contributed by atoms with E-state index in [9.17, 15) is 4.79 Å². The summed E-state index contributed by atoms with van der Waals surface area (Å²) in [5.74, 6) is 0.731. The molecule has 0 fully saturated rings. The monoisotopic (exact) mass is 344 g/mol. The molecule has 2 aromatic heterocycles. The van der Waals surface area contributed by atoms with Gasteiger partial charge in [0.15, 0.2) is 5.65 Å². The van der Waals surface area contributed by atoms with Crippen molar-refractivity contribution >= 4 is 27.0 Å². The summed E-state index contributed by atoms with van der Waals surface area (Å²) < 4.78 is 2.16. The molecule has 0 bridgehead atoms. The number of hydrogen-bond donors (Lipinski definition) is 1. The number of nitrogens with zero attached hydrogens (tertiary/aromatic N) is 3. The fraction of sp³-hybridized carbons (Fsp3) is 0.643. The Morgan fingerprint density at radius 1 is 1.25 bits per heavy atom. The molecule has 0 atom stereocenters. The van der Waals surface area contributed by atoms with Crippen LogP contribution in [0.1, 0.15) is 53.3 Å². The van der Waals surface area contributed by atoms with Gasteiger partial charge >= 0.3 is 0 Å². The SMILES string of the molecule is CC.CC.CCCCc1nc2c(c(Br)nn2C)c(=O)[nH]1. The molecule has 0 aromatic carbocycles. The van der Waals surface area contributed by atoms with Crippen LogP contribution in [0.4, 0.5) is 0 Å². The van der Waals surface area contributed by atoms with E-state index in [-0.39, 0.29) is 5.56 Å². The molecular weight excluding hydrogens is 320 g/mol. The van der Waals surface area contributed by atoms with Gasteiger partial charge in [-0.25, -0.2) is 9.67 Å². The summed E-state index contributed by atoms with van der Waals surface area (Å²) in [6.07, 6.45) is 2.90. The second-order valence-corrected chi connectivity index (χ2v) is 4.48. The number of aromatic amines is 1. The fourth-order valence-corrected chi connectivity index (χ4v) is 2.21. The van der Waals surface area contributed by atoms with Gasteiger partial charge in [-0.05, 0) is 22.4 Å². The summed E-state index contributed by atoms with van der Waals surface area (Å²) in [6, 6.07) is 0. The molecule has 20 heavy (non-hydrogen) atoms. The molecule has 0 aliphatic carbocycles. The Morgan fingerprint density at radius 2 is 1.85 bits per heavy atom. The van der Waals surface area contributed by atoms with E-state index in [1.165, 1.54) is 0 Å². The van der Waals surface area contributed by atoms with Crippen molar-refractivity contribution in [2.75, 3.05) is 0 Å². The molecule has 0 saturated carbocycles. The van der Waals surface area contributed by atoms with Crippen LogP contribution in [-0.2, 0) is 13.5 Å². The van der Waals surface area contributed by atoms with Crippen molar-refractivity contribution in [1.29, 1.82) is 0 Å². The lowest BCUT2D eigenvalue weighted by atomic mass is 10.2. The minimum absolute atomic E-state index is 0.129. The lowest BCUT2D eigenvalue weighted by Crippen LogP contribution is -2.12. The van der Waals surface area contributed by atoms with Gasteiger partial charge in [0.25, 0.3) is 5.56 Å². The summed E-state index contributed by atoms with van der Waals surface area (Å²) >= 11 is 3.25. The summed E-state index contributed by atoms with van der Waals surface area (Å²) in [4.78, 5) is 19.0. The maximum absolute atomic E-state index is 11.8. The van der Waals surface area contributed by atoms with Crippen molar-refractivity contribution in [3.05, 3.63) is 20.8 Å². The van der Waals surface area contributed by atoms with Gasteiger partial charge < -0.3 is 4.98 Å². The van der Waals surface area contributed by atoms with Crippen LogP contribution in [0, 0.1) is 0 Å². The normalized spacial score (nSPS) is 9.55. The van der Waals surface area contributed by atoms with Gasteiger partial charge in [-0.15, -0.1) is 0 Å². The first-order valence-corrected chi connectivity index (χ1v) is 8.04. The number of hydrogen-bond acceptors (Lipinski definition) is 3. The van der Waals surface area contributed by atoms with Crippen LogP contribution < -0.4 is 5.56 Å². The van der Waals surface area contributed by atoms with Crippen molar-refractivity contribution in [3.63, 3.8) is 0 Å². The Bertz CT molecular complexity index is 574. The molecule has 2 rings (SSSR count). The lowest BCUT2D eigenvalue weighted by Gasteiger charge is -1.99. The molecule has 0 aliphatic heterocycles. The minimum atomic E-state index is -0.129. The topological polar surface area (TPSA) is 63.6 Å². The Labute approximate surface area is 128 Å². The summed E-state index contributed by atoms with van der Waals surface area (Å²) in [6.45, 7) is 10.1. The van der Waals surface area contributed by atoms with Gasteiger partial charge in [0.05, 0.1) is 0 Å². The van der Waals surface area contributed by atoms with Gasteiger partial charge in [0, 0.05) is 13.5 Å². The number of nitrogens with one attached hydrogen (secondary N) is 1. The quantitative estimate of drug-likeness (QED) is 0.920. The maximum Gasteiger partial charge on any atom is 0.263 e. The van der Waals surface area contributed by atoms with E-state index < -0.39 is 0 Å². The molecule has 0 amide bonds. The van der Waals surface area contributed by atoms with Crippen LogP contribution >= 0.6 is 15.9 Å².